The van der Waals surface area contributed by atoms with E-state index in [9.17, 15) is 17.6 Å². The van der Waals surface area contributed by atoms with Crippen molar-refractivity contribution in [3.63, 3.8) is 0 Å². The van der Waals surface area contributed by atoms with Crippen molar-refractivity contribution in [3.05, 3.63) is 30.1 Å². The van der Waals surface area contributed by atoms with Crippen LogP contribution in [0.3, 0.4) is 0 Å². The fourth-order valence-electron chi connectivity index (χ4n) is 2.88. The van der Waals surface area contributed by atoms with Crippen LogP contribution in [0.4, 0.5) is 4.39 Å². The Labute approximate surface area is 173 Å². The van der Waals surface area contributed by atoms with Gasteiger partial charge in [-0.2, -0.15) is 4.31 Å². The minimum Gasteiger partial charge on any atom is -0.339 e. The molecule has 2 aromatic rings. The third-order valence-corrected chi connectivity index (χ3v) is 7.28. The highest BCUT2D eigenvalue weighted by Gasteiger charge is 2.32. The van der Waals surface area contributed by atoms with Gasteiger partial charge in [0.1, 0.15) is 10.7 Å². The number of thioether (sulfide) groups is 1. The number of amides is 1. The molecule has 0 N–H and O–H groups in total. The molecule has 0 unspecified atom stereocenters. The van der Waals surface area contributed by atoms with Crippen LogP contribution >= 0.6 is 11.8 Å². The summed E-state index contributed by atoms with van der Waals surface area (Å²) in [6.45, 7) is 6.62. The summed E-state index contributed by atoms with van der Waals surface area (Å²) in [5.41, 5.74) is -0.304. The van der Waals surface area contributed by atoms with Crippen LogP contribution in [0.15, 0.2) is 34.3 Å². The molecule has 0 spiro atoms. The van der Waals surface area contributed by atoms with Crippen LogP contribution in [0, 0.1) is 5.82 Å². The molecular weight excluding hydrogens is 419 g/mol. The summed E-state index contributed by atoms with van der Waals surface area (Å²) >= 11 is 1.24. The molecule has 0 radical (unpaired) electrons. The molecule has 2 heterocycles. The van der Waals surface area contributed by atoms with Crippen molar-refractivity contribution < 1.29 is 17.6 Å². The van der Waals surface area contributed by atoms with E-state index in [4.69, 9.17) is 0 Å². The third-order valence-electron chi connectivity index (χ3n) is 4.45. The molecular formula is C17H23FN6O3S2. The van der Waals surface area contributed by atoms with Crippen molar-refractivity contribution in [2.24, 2.45) is 0 Å². The molecule has 0 bridgehead atoms. The van der Waals surface area contributed by atoms with E-state index in [0.29, 0.717) is 5.16 Å². The molecule has 9 nitrogen and oxygen atoms in total. The van der Waals surface area contributed by atoms with E-state index >= 15 is 0 Å². The first-order valence-electron chi connectivity index (χ1n) is 9.05. The van der Waals surface area contributed by atoms with Gasteiger partial charge in [-0.15, -0.1) is 5.10 Å². The van der Waals surface area contributed by atoms with E-state index in [2.05, 4.69) is 15.5 Å². The second kappa shape index (κ2) is 8.36. The normalized spacial score (nSPS) is 16.2. The van der Waals surface area contributed by atoms with Gasteiger partial charge < -0.3 is 4.90 Å². The number of piperazine rings is 1. The summed E-state index contributed by atoms with van der Waals surface area (Å²) < 4.78 is 42.1. The second-order valence-corrected chi connectivity index (χ2v) is 10.4. The molecule has 1 aromatic carbocycles. The zero-order valence-corrected chi connectivity index (χ0v) is 18.1. The van der Waals surface area contributed by atoms with Gasteiger partial charge in [-0.3, -0.25) is 4.79 Å². The monoisotopic (exact) mass is 442 g/mol. The molecule has 1 aromatic heterocycles. The Morgan fingerprint density at radius 1 is 1.17 bits per heavy atom. The first-order valence-corrected chi connectivity index (χ1v) is 11.5. The van der Waals surface area contributed by atoms with Gasteiger partial charge in [-0.25, -0.2) is 17.5 Å². The van der Waals surface area contributed by atoms with Crippen molar-refractivity contribution in [1.82, 2.24) is 29.4 Å². The predicted octanol–water partition coefficient (Wildman–Crippen LogP) is 1.19. The molecule has 3 rings (SSSR count). The van der Waals surface area contributed by atoms with E-state index in [1.807, 2.05) is 20.8 Å². The number of hydrogen-bond acceptors (Lipinski definition) is 7. The lowest BCUT2D eigenvalue weighted by molar-refractivity contribution is -0.129. The van der Waals surface area contributed by atoms with Crippen LogP contribution in [-0.2, 0) is 20.4 Å². The van der Waals surface area contributed by atoms with Gasteiger partial charge in [0.05, 0.1) is 11.3 Å². The number of tetrazole rings is 1. The standard InChI is InChI=1S/C17H23FN6O3S2/c1-17(2,3)24-16(19-20-21-24)28-12-15(25)22-8-10-23(11-9-22)29(26,27)14-7-5-4-6-13(14)18/h4-7H,8-12H2,1-3H3. The number of sulfonamides is 1. The van der Waals surface area contributed by atoms with Crippen LogP contribution in [0.1, 0.15) is 20.8 Å². The highest BCUT2D eigenvalue weighted by Crippen LogP contribution is 2.23. The Morgan fingerprint density at radius 3 is 2.45 bits per heavy atom. The molecule has 0 aliphatic carbocycles. The highest BCUT2D eigenvalue weighted by atomic mass is 32.2. The maximum Gasteiger partial charge on any atom is 0.246 e. The van der Waals surface area contributed by atoms with Crippen molar-refractivity contribution in [2.45, 2.75) is 36.4 Å². The lowest BCUT2D eigenvalue weighted by Crippen LogP contribution is -2.51. The Balaban J connectivity index is 1.58. The maximum atomic E-state index is 13.9. The van der Waals surface area contributed by atoms with Gasteiger partial charge in [-0.1, -0.05) is 23.9 Å². The molecule has 158 valence electrons. The number of halogens is 1. The Hall–Kier alpha value is -2.05. The van der Waals surface area contributed by atoms with E-state index in [0.717, 1.165) is 6.07 Å². The fraction of sp³-hybridized carbons (Fsp3) is 0.529. The van der Waals surface area contributed by atoms with Crippen LogP contribution in [0.5, 0.6) is 0 Å². The van der Waals surface area contributed by atoms with Gasteiger partial charge >= 0.3 is 0 Å². The average Bonchev–Trinajstić information content (AvgIpc) is 3.15. The minimum atomic E-state index is -3.93. The van der Waals surface area contributed by atoms with Gasteiger partial charge in [0, 0.05) is 26.2 Å². The van der Waals surface area contributed by atoms with Crippen molar-refractivity contribution in [2.75, 3.05) is 31.9 Å². The fourth-order valence-corrected chi connectivity index (χ4v) is 5.33. The lowest BCUT2D eigenvalue weighted by atomic mass is 10.1. The third kappa shape index (κ3) is 4.75. The van der Waals surface area contributed by atoms with E-state index < -0.39 is 15.8 Å². The molecule has 1 aliphatic heterocycles. The summed E-state index contributed by atoms with van der Waals surface area (Å²) in [7, 11) is -3.93. The van der Waals surface area contributed by atoms with Crippen LogP contribution < -0.4 is 0 Å². The Bertz CT molecular complexity index is 981. The zero-order valence-electron chi connectivity index (χ0n) is 16.4. The smallest absolute Gasteiger partial charge is 0.246 e. The molecule has 0 atom stereocenters. The number of hydrogen-bond donors (Lipinski definition) is 0. The average molecular weight is 443 g/mol. The zero-order chi connectivity index (χ0) is 21.2. The SMILES string of the molecule is CC(C)(C)n1nnnc1SCC(=O)N1CCN(S(=O)(=O)c2ccccc2F)CC1. The first-order chi connectivity index (χ1) is 13.6. The van der Waals surface area contributed by atoms with Crippen LogP contribution in [-0.4, -0.2) is 75.7 Å². The Kier molecular flexibility index (Phi) is 6.24. The van der Waals surface area contributed by atoms with E-state index in [1.165, 1.54) is 34.3 Å². The number of carbonyl (C=O) groups is 1. The summed E-state index contributed by atoms with van der Waals surface area (Å²) in [5, 5.41) is 12.1. The predicted molar refractivity (Wildman–Crippen MR) is 105 cm³/mol. The van der Waals surface area contributed by atoms with Gasteiger partial charge in [0.25, 0.3) is 0 Å². The number of carbonyl (C=O) groups excluding carboxylic acids is 1. The topological polar surface area (TPSA) is 101 Å². The summed E-state index contributed by atoms with van der Waals surface area (Å²) in [4.78, 5) is 13.8. The molecule has 0 saturated carbocycles. The lowest BCUT2D eigenvalue weighted by Gasteiger charge is -2.34. The first kappa shape index (κ1) is 21.7. The van der Waals surface area contributed by atoms with Gasteiger partial charge in [0.2, 0.25) is 21.1 Å². The summed E-state index contributed by atoms with van der Waals surface area (Å²) in [6.07, 6.45) is 0. The van der Waals surface area contributed by atoms with Crippen molar-refractivity contribution in [3.8, 4) is 0 Å². The van der Waals surface area contributed by atoms with E-state index in [-0.39, 0.29) is 48.3 Å². The highest BCUT2D eigenvalue weighted by molar-refractivity contribution is 7.99. The number of aromatic nitrogens is 4. The van der Waals surface area contributed by atoms with E-state index in [1.54, 1.807) is 9.58 Å². The summed E-state index contributed by atoms with van der Waals surface area (Å²) in [6, 6.07) is 5.30. The second-order valence-electron chi connectivity index (χ2n) is 7.55. The molecule has 29 heavy (non-hydrogen) atoms. The molecule has 1 fully saturated rings. The van der Waals surface area contributed by atoms with Gasteiger partial charge in [-0.05, 0) is 43.3 Å². The largest absolute Gasteiger partial charge is 0.339 e. The summed E-state index contributed by atoms with van der Waals surface area (Å²) in [5.74, 6) is -0.753. The molecule has 1 saturated heterocycles. The number of rotatable bonds is 5. The Morgan fingerprint density at radius 2 is 1.83 bits per heavy atom. The van der Waals surface area contributed by atoms with Crippen molar-refractivity contribution in [1.29, 1.82) is 0 Å². The molecule has 1 aliphatic rings. The van der Waals surface area contributed by atoms with Crippen LogP contribution in [0.25, 0.3) is 0 Å². The number of nitrogens with zero attached hydrogens (tertiary/aromatic N) is 6. The minimum absolute atomic E-state index is 0.118. The van der Waals surface area contributed by atoms with Gasteiger partial charge in [0.15, 0.2) is 0 Å². The van der Waals surface area contributed by atoms with Crippen LogP contribution in [0.2, 0.25) is 0 Å². The molecule has 12 heteroatoms. The number of benzene rings is 1. The van der Waals surface area contributed by atoms with Crippen molar-refractivity contribution >= 4 is 27.7 Å². The quantitative estimate of drug-likeness (QED) is 0.641. The maximum absolute atomic E-state index is 13.9. The molecule has 1 amide bonds.